The lowest BCUT2D eigenvalue weighted by Crippen LogP contribution is -2.03. The largest absolute Gasteiger partial charge is 0.456 e. The molecule has 0 aliphatic carbocycles. The average Bonchev–Trinajstić information content (AvgIpc) is 3.83. The van der Waals surface area contributed by atoms with E-state index in [1.807, 2.05) is 30.3 Å². The molecule has 0 aliphatic rings. The summed E-state index contributed by atoms with van der Waals surface area (Å²) in [6.07, 6.45) is 0. The molecule has 0 bridgehead atoms. The van der Waals surface area contributed by atoms with Crippen molar-refractivity contribution >= 4 is 43.7 Å². The minimum Gasteiger partial charge on any atom is -0.456 e. The second-order valence-electron chi connectivity index (χ2n) is 14.1. The molecular formula is C52H33N3O. The van der Waals surface area contributed by atoms with Gasteiger partial charge in [0.2, 0.25) is 0 Å². The highest BCUT2D eigenvalue weighted by Gasteiger charge is 2.25. The molecule has 0 unspecified atom stereocenters. The number of furan rings is 1. The maximum absolute atomic E-state index is 6.52. The Labute approximate surface area is 323 Å². The number of rotatable bonds is 6. The van der Waals surface area contributed by atoms with Crippen LogP contribution in [0.5, 0.6) is 0 Å². The number of benzene rings is 8. The van der Waals surface area contributed by atoms with Crippen LogP contribution in [0.2, 0.25) is 0 Å². The highest BCUT2D eigenvalue weighted by molar-refractivity contribution is 6.25. The van der Waals surface area contributed by atoms with Crippen LogP contribution in [0.4, 0.5) is 0 Å². The molecule has 0 aliphatic heterocycles. The van der Waals surface area contributed by atoms with E-state index < -0.39 is 0 Å². The maximum Gasteiger partial charge on any atom is 0.160 e. The van der Waals surface area contributed by atoms with Crippen LogP contribution in [0.1, 0.15) is 0 Å². The standard InChI is InChI=1S/C52H33N3O/c1-5-17-34(18-6-1)42-31-38(45-33-44(36-21-9-3-10-22-36)53-52(54-45)37-23-11-4-12-24-37)32-43(35-19-7-2-8-20-35)50(42)55-46-27-15-13-25-39(46)40-29-30-48-49(51(40)55)41-26-14-16-28-47(41)56-48/h1-33H. The summed E-state index contributed by atoms with van der Waals surface area (Å²) in [6.45, 7) is 0. The molecule has 4 heteroatoms. The predicted octanol–water partition coefficient (Wildman–Crippen LogP) is 13.8. The molecule has 11 aromatic rings. The van der Waals surface area contributed by atoms with Crippen LogP contribution in [-0.4, -0.2) is 14.5 Å². The van der Waals surface area contributed by atoms with Crippen molar-refractivity contribution < 1.29 is 4.42 Å². The Balaban J connectivity index is 1.30. The molecule has 3 heterocycles. The van der Waals surface area contributed by atoms with Crippen LogP contribution >= 0.6 is 0 Å². The first kappa shape index (κ1) is 31.9. The first-order valence-corrected chi connectivity index (χ1v) is 18.9. The van der Waals surface area contributed by atoms with E-state index in [9.17, 15) is 0 Å². The molecule has 0 saturated heterocycles. The van der Waals surface area contributed by atoms with E-state index in [1.54, 1.807) is 0 Å². The lowest BCUT2D eigenvalue weighted by molar-refractivity contribution is 0.669. The van der Waals surface area contributed by atoms with Gasteiger partial charge in [0.25, 0.3) is 0 Å². The van der Waals surface area contributed by atoms with Gasteiger partial charge in [0.05, 0.1) is 33.5 Å². The molecule has 0 atom stereocenters. The van der Waals surface area contributed by atoms with Crippen molar-refractivity contribution in [3.05, 3.63) is 200 Å². The zero-order chi connectivity index (χ0) is 37.0. The van der Waals surface area contributed by atoms with Crippen molar-refractivity contribution in [2.45, 2.75) is 0 Å². The summed E-state index contributed by atoms with van der Waals surface area (Å²) in [5.41, 5.74) is 14.2. The van der Waals surface area contributed by atoms with E-state index in [0.717, 1.165) is 89.0 Å². The molecule has 8 aromatic carbocycles. The molecule has 0 saturated carbocycles. The Kier molecular flexibility index (Phi) is 7.46. The number of hydrogen-bond donors (Lipinski definition) is 0. The van der Waals surface area contributed by atoms with Gasteiger partial charge in [-0.1, -0.05) is 158 Å². The Bertz CT molecular complexity index is 3100. The van der Waals surface area contributed by atoms with Gasteiger partial charge in [0.1, 0.15) is 11.2 Å². The van der Waals surface area contributed by atoms with Gasteiger partial charge in [-0.2, -0.15) is 0 Å². The molecule has 0 radical (unpaired) electrons. The fourth-order valence-corrected chi connectivity index (χ4v) is 8.26. The highest BCUT2D eigenvalue weighted by Crippen LogP contribution is 2.46. The molecule has 56 heavy (non-hydrogen) atoms. The molecule has 0 amide bonds. The van der Waals surface area contributed by atoms with Crippen LogP contribution in [-0.2, 0) is 0 Å². The highest BCUT2D eigenvalue weighted by atomic mass is 16.3. The Hall–Kier alpha value is -7.56. The van der Waals surface area contributed by atoms with E-state index in [1.165, 1.54) is 10.8 Å². The summed E-state index contributed by atoms with van der Waals surface area (Å²) in [7, 11) is 0. The smallest absolute Gasteiger partial charge is 0.160 e. The zero-order valence-corrected chi connectivity index (χ0v) is 30.3. The van der Waals surface area contributed by atoms with Crippen molar-refractivity contribution in [1.82, 2.24) is 14.5 Å². The third-order valence-corrected chi connectivity index (χ3v) is 10.8. The van der Waals surface area contributed by atoms with Crippen molar-refractivity contribution in [3.63, 3.8) is 0 Å². The van der Waals surface area contributed by atoms with E-state index in [4.69, 9.17) is 14.4 Å². The second kappa shape index (κ2) is 13.1. The van der Waals surface area contributed by atoms with Crippen molar-refractivity contribution in [2.75, 3.05) is 0 Å². The Morgan fingerprint density at radius 2 is 0.893 bits per heavy atom. The first-order valence-electron chi connectivity index (χ1n) is 18.9. The summed E-state index contributed by atoms with van der Waals surface area (Å²) in [5, 5.41) is 4.57. The fourth-order valence-electron chi connectivity index (χ4n) is 8.26. The van der Waals surface area contributed by atoms with E-state index in [0.29, 0.717) is 5.82 Å². The lowest BCUT2D eigenvalue weighted by Gasteiger charge is -2.21. The monoisotopic (exact) mass is 715 g/mol. The van der Waals surface area contributed by atoms with Gasteiger partial charge >= 0.3 is 0 Å². The van der Waals surface area contributed by atoms with Gasteiger partial charge < -0.3 is 8.98 Å². The van der Waals surface area contributed by atoms with Crippen molar-refractivity contribution in [3.8, 4) is 61.8 Å². The molecule has 0 N–H and O–H groups in total. The van der Waals surface area contributed by atoms with Crippen LogP contribution in [0.25, 0.3) is 106 Å². The van der Waals surface area contributed by atoms with Gasteiger partial charge in [-0.25, -0.2) is 9.97 Å². The SMILES string of the molecule is c1ccc(-c2cc(-c3cc(-c4ccccc4)c(-n4c5ccccc5c5ccc6oc7ccccc7c6c54)c(-c4ccccc4)c3)nc(-c3ccccc3)n2)cc1. The minimum atomic E-state index is 0.685. The summed E-state index contributed by atoms with van der Waals surface area (Å²) in [4.78, 5) is 10.4. The van der Waals surface area contributed by atoms with Crippen molar-refractivity contribution in [2.24, 2.45) is 0 Å². The lowest BCUT2D eigenvalue weighted by atomic mass is 9.91. The van der Waals surface area contributed by atoms with Gasteiger partial charge in [-0.15, -0.1) is 0 Å². The molecular weight excluding hydrogens is 683 g/mol. The van der Waals surface area contributed by atoms with E-state index in [2.05, 4.69) is 174 Å². The molecule has 262 valence electrons. The minimum absolute atomic E-state index is 0.685. The molecule has 3 aromatic heterocycles. The number of nitrogens with zero attached hydrogens (tertiary/aromatic N) is 3. The number of para-hydroxylation sites is 2. The third kappa shape index (κ3) is 5.23. The third-order valence-electron chi connectivity index (χ3n) is 10.8. The maximum atomic E-state index is 6.52. The summed E-state index contributed by atoms with van der Waals surface area (Å²) >= 11 is 0. The topological polar surface area (TPSA) is 43.9 Å². The van der Waals surface area contributed by atoms with Crippen LogP contribution in [0.3, 0.4) is 0 Å². The molecule has 11 rings (SSSR count). The van der Waals surface area contributed by atoms with E-state index in [-0.39, 0.29) is 0 Å². The molecule has 0 fully saturated rings. The van der Waals surface area contributed by atoms with Crippen LogP contribution in [0, 0.1) is 0 Å². The summed E-state index contributed by atoms with van der Waals surface area (Å²) in [5.74, 6) is 0.685. The predicted molar refractivity (Wildman–Crippen MR) is 231 cm³/mol. The second-order valence-corrected chi connectivity index (χ2v) is 14.1. The summed E-state index contributed by atoms with van der Waals surface area (Å²) < 4.78 is 9.00. The van der Waals surface area contributed by atoms with E-state index >= 15 is 0 Å². The number of aromatic nitrogens is 3. The van der Waals surface area contributed by atoms with Gasteiger partial charge in [-0.3, -0.25) is 0 Å². The normalized spacial score (nSPS) is 11.6. The zero-order valence-electron chi connectivity index (χ0n) is 30.3. The summed E-state index contributed by atoms with van der Waals surface area (Å²) in [6, 6.07) is 70.3. The molecule has 0 spiro atoms. The van der Waals surface area contributed by atoms with Gasteiger partial charge in [0.15, 0.2) is 5.82 Å². The number of fused-ring (bicyclic) bond motifs is 7. The molecule has 4 nitrogen and oxygen atoms in total. The Morgan fingerprint density at radius 3 is 1.54 bits per heavy atom. The number of hydrogen-bond acceptors (Lipinski definition) is 3. The quantitative estimate of drug-likeness (QED) is 0.172. The van der Waals surface area contributed by atoms with Gasteiger partial charge in [0, 0.05) is 44.0 Å². The van der Waals surface area contributed by atoms with Crippen LogP contribution in [0.15, 0.2) is 205 Å². The fraction of sp³-hybridized carbons (Fsp3) is 0. The van der Waals surface area contributed by atoms with Crippen LogP contribution < -0.4 is 0 Å². The van der Waals surface area contributed by atoms with Gasteiger partial charge in [-0.05, 0) is 53.6 Å². The Morgan fingerprint density at radius 1 is 0.375 bits per heavy atom. The average molecular weight is 716 g/mol. The first-order chi connectivity index (χ1) is 27.8. The van der Waals surface area contributed by atoms with Crippen molar-refractivity contribution in [1.29, 1.82) is 0 Å².